The van der Waals surface area contributed by atoms with E-state index in [1.165, 1.54) is 0 Å². The number of β-lactam (4-membered cyclic amide) rings is 1. The van der Waals surface area contributed by atoms with Crippen LogP contribution >= 0.6 is 0 Å². The Balaban J connectivity index is 2.46. The maximum atomic E-state index is 11.2. The molecule has 0 saturated carbocycles. The third-order valence-corrected chi connectivity index (χ3v) is 2.89. The van der Waals surface area contributed by atoms with Crippen LogP contribution in [0.25, 0.3) is 0 Å². The van der Waals surface area contributed by atoms with Crippen LogP contribution in [0.4, 0.5) is 0 Å². The SMILES string of the molecule is CC12C=CC=CC1(C)C(=O)N2. The van der Waals surface area contributed by atoms with Gasteiger partial charge in [0, 0.05) is 0 Å². The molecule has 2 aliphatic rings. The monoisotopic (exact) mass is 149 g/mol. The average molecular weight is 149 g/mol. The quantitative estimate of drug-likeness (QED) is 0.512. The van der Waals surface area contributed by atoms with Gasteiger partial charge in [0.2, 0.25) is 5.91 Å². The fourth-order valence-corrected chi connectivity index (χ4v) is 1.63. The minimum atomic E-state index is -0.304. The van der Waals surface area contributed by atoms with Gasteiger partial charge >= 0.3 is 0 Å². The third-order valence-electron chi connectivity index (χ3n) is 2.89. The maximum Gasteiger partial charge on any atom is 0.233 e. The molecule has 0 spiro atoms. The fourth-order valence-electron chi connectivity index (χ4n) is 1.63. The molecule has 1 N–H and O–H groups in total. The number of rotatable bonds is 0. The summed E-state index contributed by atoms with van der Waals surface area (Å²) in [7, 11) is 0. The van der Waals surface area contributed by atoms with E-state index in [-0.39, 0.29) is 16.9 Å². The van der Waals surface area contributed by atoms with Crippen LogP contribution in [0.1, 0.15) is 13.8 Å². The van der Waals surface area contributed by atoms with Gasteiger partial charge in [-0.1, -0.05) is 24.3 Å². The maximum absolute atomic E-state index is 11.2. The van der Waals surface area contributed by atoms with Crippen LogP contribution in [0.3, 0.4) is 0 Å². The molecule has 2 rings (SSSR count). The molecule has 2 atom stereocenters. The second-order valence-corrected chi connectivity index (χ2v) is 3.58. The van der Waals surface area contributed by atoms with Gasteiger partial charge in [-0.3, -0.25) is 4.79 Å². The molecule has 0 radical (unpaired) electrons. The van der Waals surface area contributed by atoms with Crippen LogP contribution in [-0.4, -0.2) is 11.4 Å². The van der Waals surface area contributed by atoms with Crippen molar-refractivity contribution in [3.8, 4) is 0 Å². The van der Waals surface area contributed by atoms with Crippen molar-refractivity contribution in [2.24, 2.45) is 5.41 Å². The van der Waals surface area contributed by atoms with Gasteiger partial charge in [-0.05, 0) is 13.8 Å². The van der Waals surface area contributed by atoms with Gasteiger partial charge in [-0.15, -0.1) is 0 Å². The summed E-state index contributed by atoms with van der Waals surface area (Å²) in [5.74, 6) is 0.126. The van der Waals surface area contributed by atoms with E-state index in [1.807, 2.05) is 38.2 Å². The highest BCUT2D eigenvalue weighted by Gasteiger charge is 2.57. The lowest BCUT2D eigenvalue weighted by Crippen LogP contribution is -2.72. The summed E-state index contributed by atoms with van der Waals surface area (Å²) in [5.41, 5.74) is -0.444. The van der Waals surface area contributed by atoms with E-state index in [4.69, 9.17) is 0 Å². The lowest BCUT2D eigenvalue weighted by atomic mass is 9.62. The number of hydrogen-bond acceptors (Lipinski definition) is 1. The van der Waals surface area contributed by atoms with Crippen LogP contribution < -0.4 is 5.32 Å². The van der Waals surface area contributed by atoms with Crippen molar-refractivity contribution in [2.75, 3.05) is 0 Å². The number of fused-ring (bicyclic) bond motifs is 1. The molecular formula is C9H11NO. The predicted molar refractivity (Wildman–Crippen MR) is 42.9 cm³/mol. The molecule has 2 heteroatoms. The molecule has 0 bridgehead atoms. The van der Waals surface area contributed by atoms with Gasteiger partial charge in [0.1, 0.15) is 0 Å². The minimum absolute atomic E-state index is 0.126. The Hall–Kier alpha value is -1.05. The predicted octanol–water partition coefficient (Wildman–Crippen LogP) is 1.01. The first-order valence-corrected chi connectivity index (χ1v) is 3.78. The average Bonchev–Trinajstić information content (AvgIpc) is 1.96. The fraction of sp³-hybridized carbons (Fsp3) is 0.444. The highest BCUT2D eigenvalue weighted by Crippen LogP contribution is 2.44. The standard InChI is InChI=1S/C9H11NO/c1-8-5-3-4-6-9(8,2)10-7(8)11/h3-6H,1-2H3,(H,10,11). The van der Waals surface area contributed by atoms with Crippen molar-refractivity contribution >= 4 is 5.91 Å². The molecular weight excluding hydrogens is 138 g/mol. The van der Waals surface area contributed by atoms with Crippen LogP contribution in [0.5, 0.6) is 0 Å². The van der Waals surface area contributed by atoms with E-state index < -0.39 is 0 Å². The van der Waals surface area contributed by atoms with Crippen molar-refractivity contribution in [3.63, 3.8) is 0 Å². The molecule has 11 heavy (non-hydrogen) atoms. The van der Waals surface area contributed by atoms with Crippen molar-refractivity contribution in [2.45, 2.75) is 19.4 Å². The van der Waals surface area contributed by atoms with Gasteiger partial charge in [0.15, 0.2) is 0 Å². The number of carbonyl (C=O) groups excluding carboxylic acids is 1. The molecule has 1 fully saturated rings. The van der Waals surface area contributed by atoms with Gasteiger partial charge in [0.05, 0.1) is 11.0 Å². The Kier molecular flexibility index (Phi) is 0.952. The summed E-state index contributed by atoms with van der Waals surface area (Å²) >= 11 is 0. The van der Waals surface area contributed by atoms with Gasteiger partial charge in [-0.25, -0.2) is 0 Å². The van der Waals surface area contributed by atoms with Crippen LogP contribution in [0.2, 0.25) is 0 Å². The molecule has 58 valence electrons. The summed E-state index contributed by atoms with van der Waals surface area (Å²) in [5, 5.41) is 2.88. The molecule has 1 amide bonds. The summed E-state index contributed by atoms with van der Waals surface area (Å²) in [6, 6.07) is 0. The first kappa shape index (κ1) is 6.65. The molecule has 0 aromatic carbocycles. The zero-order valence-corrected chi connectivity index (χ0v) is 6.72. The number of carbonyl (C=O) groups is 1. The van der Waals surface area contributed by atoms with E-state index >= 15 is 0 Å². The van der Waals surface area contributed by atoms with Crippen LogP contribution in [-0.2, 0) is 4.79 Å². The van der Waals surface area contributed by atoms with E-state index in [1.54, 1.807) is 0 Å². The zero-order chi connectivity index (χ0) is 8.11. The zero-order valence-electron chi connectivity index (χ0n) is 6.72. The Bertz CT molecular complexity index is 279. The molecule has 0 aromatic heterocycles. The summed E-state index contributed by atoms with van der Waals surface area (Å²) in [6.45, 7) is 4.00. The molecule has 0 aromatic rings. The minimum Gasteiger partial charge on any atom is -0.345 e. The lowest BCUT2D eigenvalue weighted by Gasteiger charge is -2.53. The molecule has 2 nitrogen and oxygen atoms in total. The molecule has 1 aliphatic heterocycles. The Morgan fingerprint density at radius 3 is 2.36 bits per heavy atom. The summed E-state index contributed by atoms with van der Waals surface area (Å²) in [4.78, 5) is 11.2. The second-order valence-electron chi connectivity index (χ2n) is 3.58. The Morgan fingerprint density at radius 2 is 1.91 bits per heavy atom. The van der Waals surface area contributed by atoms with Crippen molar-refractivity contribution in [1.29, 1.82) is 0 Å². The van der Waals surface area contributed by atoms with Crippen molar-refractivity contribution in [1.82, 2.24) is 5.32 Å². The summed E-state index contributed by atoms with van der Waals surface area (Å²) < 4.78 is 0. The number of allylic oxidation sites excluding steroid dienone is 2. The topological polar surface area (TPSA) is 29.1 Å². The van der Waals surface area contributed by atoms with E-state index in [0.29, 0.717) is 0 Å². The molecule has 2 unspecified atom stereocenters. The Morgan fingerprint density at radius 1 is 1.27 bits per heavy atom. The largest absolute Gasteiger partial charge is 0.345 e. The molecule has 1 saturated heterocycles. The number of amides is 1. The van der Waals surface area contributed by atoms with Crippen molar-refractivity contribution in [3.05, 3.63) is 24.3 Å². The lowest BCUT2D eigenvalue weighted by molar-refractivity contribution is -0.144. The Labute approximate surface area is 66.0 Å². The second kappa shape index (κ2) is 1.58. The molecule has 1 heterocycles. The van der Waals surface area contributed by atoms with E-state index in [2.05, 4.69) is 5.32 Å². The van der Waals surface area contributed by atoms with Crippen LogP contribution in [0.15, 0.2) is 24.3 Å². The van der Waals surface area contributed by atoms with Crippen molar-refractivity contribution < 1.29 is 4.79 Å². The first-order valence-electron chi connectivity index (χ1n) is 3.78. The highest BCUT2D eigenvalue weighted by molar-refractivity contribution is 5.94. The number of hydrogen-bond donors (Lipinski definition) is 1. The third kappa shape index (κ3) is 0.553. The van der Waals surface area contributed by atoms with Gasteiger partial charge < -0.3 is 5.32 Å². The van der Waals surface area contributed by atoms with Gasteiger partial charge in [-0.2, -0.15) is 0 Å². The smallest absolute Gasteiger partial charge is 0.233 e. The first-order chi connectivity index (χ1) is 5.08. The molecule has 1 aliphatic carbocycles. The normalized spacial score (nSPS) is 46.2. The van der Waals surface area contributed by atoms with Gasteiger partial charge in [0.25, 0.3) is 0 Å². The summed E-state index contributed by atoms with van der Waals surface area (Å²) in [6.07, 6.45) is 7.90. The van der Waals surface area contributed by atoms with Crippen LogP contribution in [0, 0.1) is 5.41 Å². The highest BCUT2D eigenvalue weighted by atomic mass is 16.2. The van der Waals surface area contributed by atoms with E-state index in [9.17, 15) is 4.79 Å². The van der Waals surface area contributed by atoms with E-state index in [0.717, 1.165) is 0 Å². The number of nitrogens with one attached hydrogen (secondary N) is 1.